The number of hydrogen-bond acceptors (Lipinski definition) is 6. The maximum absolute atomic E-state index is 13.5. The second kappa shape index (κ2) is 7.49. The number of aryl methyl sites for hydroxylation is 1. The summed E-state index contributed by atoms with van der Waals surface area (Å²) in [4.78, 5) is 14.6. The SMILES string of the molecule is COc1ccc(C2C(C#N)=C(N)Oc3cc(C)n(Cc4cccs4)c(=O)c32)cc1. The van der Waals surface area contributed by atoms with Gasteiger partial charge in [0.15, 0.2) is 0 Å². The number of hydrogen-bond donors (Lipinski definition) is 1. The van der Waals surface area contributed by atoms with Crippen molar-refractivity contribution < 1.29 is 9.47 Å². The van der Waals surface area contributed by atoms with Crippen LogP contribution in [0.2, 0.25) is 0 Å². The summed E-state index contributed by atoms with van der Waals surface area (Å²) in [6.45, 7) is 2.33. The number of benzene rings is 1. The molecule has 2 N–H and O–H groups in total. The lowest BCUT2D eigenvalue weighted by Crippen LogP contribution is -2.32. The second-order valence-corrected chi connectivity index (χ2v) is 7.76. The summed E-state index contributed by atoms with van der Waals surface area (Å²) >= 11 is 1.59. The summed E-state index contributed by atoms with van der Waals surface area (Å²) in [6.07, 6.45) is 0. The van der Waals surface area contributed by atoms with Gasteiger partial charge in [0.05, 0.1) is 25.1 Å². The molecule has 7 heteroatoms. The maximum Gasteiger partial charge on any atom is 0.259 e. The Kier molecular flexibility index (Phi) is 4.87. The highest BCUT2D eigenvalue weighted by molar-refractivity contribution is 7.09. The van der Waals surface area contributed by atoms with E-state index in [9.17, 15) is 10.1 Å². The van der Waals surface area contributed by atoms with Crippen LogP contribution >= 0.6 is 11.3 Å². The van der Waals surface area contributed by atoms with Crippen molar-refractivity contribution in [3.8, 4) is 17.6 Å². The lowest BCUT2D eigenvalue weighted by Gasteiger charge is -2.27. The molecule has 0 saturated carbocycles. The maximum atomic E-state index is 13.5. The standard InChI is InChI=1S/C22H19N3O3S/c1-13-10-18-20(22(26)25(13)12-16-4-3-9-29-16)19(17(11-23)21(24)28-18)14-5-7-15(27-2)8-6-14/h3-10,19H,12,24H2,1-2H3. The molecule has 0 fully saturated rings. The Balaban J connectivity index is 1.92. The van der Waals surface area contributed by atoms with Crippen molar-refractivity contribution in [3.63, 3.8) is 0 Å². The van der Waals surface area contributed by atoms with Gasteiger partial charge in [-0.2, -0.15) is 5.26 Å². The Bertz CT molecular complexity index is 1190. The first-order valence-corrected chi connectivity index (χ1v) is 9.89. The van der Waals surface area contributed by atoms with Gasteiger partial charge in [-0.05, 0) is 36.1 Å². The van der Waals surface area contributed by atoms with Crippen LogP contribution in [-0.2, 0) is 6.54 Å². The average Bonchev–Trinajstić information content (AvgIpc) is 3.23. The molecule has 0 saturated heterocycles. The molecule has 4 rings (SSSR count). The number of fused-ring (bicyclic) bond motifs is 1. The quantitative estimate of drug-likeness (QED) is 0.718. The summed E-state index contributed by atoms with van der Waals surface area (Å²) < 4.78 is 12.6. The molecule has 1 aliphatic rings. The first-order valence-electron chi connectivity index (χ1n) is 9.01. The molecule has 0 radical (unpaired) electrons. The molecule has 6 nitrogen and oxygen atoms in total. The van der Waals surface area contributed by atoms with Crippen LogP contribution in [0.25, 0.3) is 0 Å². The van der Waals surface area contributed by atoms with Gasteiger partial charge >= 0.3 is 0 Å². The molecule has 1 atom stereocenters. The van der Waals surface area contributed by atoms with E-state index >= 15 is 0 Å². The predicted molar refractivity (Wildman–Crippen MR) is 111 cm³/mol. The van der Waals surface area contributed by atoms with Crippen LogP contribution in [0.1, 0.15) is 27.6 Å². The van der Waals surface area contributed by atoms with Gasteiger partial charge in [0.25, 0.3) is 5.56 Å². The van der Waals surface area contributed by atoms with Crippen LogP contribution in [0, 0.1) is 18.3 Å². The molecule has 0 amide bonds. The molecule has 3 aromatic rings. The van der Waals surface area contributed by atoms with Gasteiger partial charge in [0.2, 0.25) is 5.88 Å². The lowest BCUT2D eigenvalue weighted by molar-refractivity contribution is 0.389. The lowest BCUT2D eigenvalue weighted by atomic mass is 9.84. The van der Waals surface area contributed by atoms with Crippen LogP contribution in [-0.4, -0.2) is 11.7 Å². The number of nitrogens with two attached hydrogens (primary N) is 1. The minimum Gasteiger partial charge on any atom is -0.497 e. The molecule has 0 spiro atoms. The van der Waals surface area contributed by atoms with Crippen molar-refractivity contribution in [2.75, 3.05) is 7.11 Å². The van der Waals surface area contributed by atoms with Gasteiger partial charge in [-0.1, -0.05) is 18.2 Å². The molecule has 146 valence electrons. The molecule has 0 bridgehead atoms. The Morgan fingerprint density at radius 2 is 2.07 bits per heavy atom. The smallest absolute Gasteiger partial charge is 0.259 e. The van der Waals surface area contributed by atoms with Gasteiger partial charge in [0, 0.05) is 16.6 Å². The van der Waals surface area contributed by atoms with Gasteiger partial charge in [-0.25, -0.2) is 0 Å². The van der Waals surface area contributed by atoms with E-state index in [1.165, 1.54) is 0 Å². The van der Waals surface area contributed by atoms with Crippen LogP contribution in [0.4, 0.5) is 0 Å². The molecular weight excluding hydrogens is 386 g/mol. The molecule has 0 aliphatic carbocycles. The van der Waals surface area contributed by atoms with Gasteiger partial charge < -0.3 is 19.8 Å². The Morgan fingerprint density at radius 3 is 2.69 bits per heavy atom. The molecule has 2 aromatic heterocycles. The summed E-state index contributed by atoms with van der Waals surface area (Å²) in [6, 6.07) is 15.2. The normalized spacial score (nSPS) is 15.4. The monoisotopic (exact) mass is 405 g/mol. The number of allylic oxidation sites excluding steroid dienone is 1. The van der Waals surface area contributed by atoms with E-state index in [0.29, 0.717) is 23.6 Å². The number of methoxy groups -OCH3 is 1. The molecule has 3 heterocycles. The topological polar surface area (TPSA) is 90.3 Å². The van der Waals surface area contributed by atoms with E-state index in [0.717, 1.165) is 16.1 Å². The second-order valence-electron chi connectivity index (χ2n) is 6.73. The van der Waals surface area contributed by atoms with Crippen molar-refractivity contribution in [2.24, 2.45) is 5.73 Å². The van der Waals surface area contributed by atoms with Crippen LogP contribution in [0.5, 0.6) is 11.5 Å². The van der Waals surface area contributed by atoms with E-state index < -0.39 is 5.92 Å². The van der Waals surface area contributed by atoms with E-state index in [4.69, 9.17) is 15.2 Å². The molecule has 29 heavy (non-hydrogen) atoms. The van der Waals surface area contributed by atoms with Gasteiger partial charge in [-0.3, -0.25) is 4.79 Å². The summed E-state index contributed by atoms with van der Waals surface area (Å²) in [7, 11) is 1.59. The van der Waals surface area contributed by atoms with E-state index in [1.54, 1.807) is 35.1 Å². The van der Waals surface area contributed by atoms with E-state index in [2.05, 4.69) is 6.07 Å². The highest BCUT2D eigenvalue weighted by Gasteiger charge is 2.34. The third-order valence-corrected chi connectivity index (χ3v) is 5.89. The zero-order chi connectivity index (χ0) is 20.5. The number of rotatable bonds is 4. The Morgan fingerprint density at radius 1 is 1.31 bits per heavy atom. The molecule has 1 aromatic carbocycles. The summed E-state index contributed by atoms with van der Waals surface area (Å²) in [5.74, 6) is 0.510. The largest absolute Gasteiger partial charge is 0.497 e. The average molecular weight is 405 g/mol. The highest BCUT2D eigenvalue weighted by Crippen LogP contribution is 2.40. The van der Waals surface area contributed by atoms with Crippen molar-refractivity contribution >= 4 is 11.3 Å². The zero-order valence-electron chi connectivity index (χ0n) is 16.0. The third-order valence-electron chi connectivity index (χ3n) is 5.03. The van der Waals surface area contributed by atoms with E-state index in [-0.39, 0.29) is 17.0 Å². The van der Waals surface area contributed by atoms with Gasteiger partial charge in [-0.15, -0.1) is 11.3 Å². The minimum absolute atomic E-state index is 0.0237. The number of ether oxygens (including phenoxy) is 2. The van der Waals surface area contributed by atoms with Crippen LogP contribution < -0.4 is 20.8 Å². The van der Waals surface area contributed by atoms with Crippen molar-refractivity contribution in [2.45, 2.75) is 19.4 Å². The number of thiophene rings is 1. The van der Waals surface area contributed by atoms with Crippen molar-refractivity contribution in [1.29, 1.82) is 5.26 Å². The first kappa shape index (κ1) is 18.8. The predicted octanol–water partition coefficient (Wildman–Crippen LogP) is 3.49. The Labute approximate surface area is 172 Å². The zero-order valence-corrected chi connectivity index (χ0v) is 16.8. The fourth-order valence-corrected chi connectivity index (χ4v) is 4.26. The number of aromatic nitrogens is 1. The fourth-order valence-electron chi connectivity index (χ4n) is 3.57. The fraction of sp³-hybridized carbons (Fsp3) is 0.182. The van der Waals surface area contributed by atoms with E-state index in [1.807, 2.05) is 42.6 Å². The van der Waals surface area contributed by atoms with Crippen molar-refractivity contribution in [3.05, 3.63) is 91.4 Å². The van der Waals surface area contributed by atoms with Gasteiger partial charge in [0.1, 0.15) is 23.1 Å². The van der Waals surface area contributed by atoms with Crippen molar-refractivity contribution in [1.82, 2.24) is 4.57 Å². The third kappa shape index (κ3) is 3.28. The molecular formula is C22H19N3O3S. The summed E-state index contributed by atoms with van der Waals surface area (Å²) in [5.41, 5.74) is 8.04. The van der Waals surface area contributed by atoms with Crippen LogP contribution in [0.3, 0.4) is 0 Å². The van der Waals surface area contributed by atoms with Crippen LogP contribution in [0.15, 0.2) is 64.1 Å². The first-order chi connectivity index (χ1) is 14.0. The number of nitrogens with zero attached hydrogens (tertiary/aromatic N) is 2. The number of nitriles is 1. The molecule has 1 unspecified atom stereocenters. The summed E-state index contributed by atoms with van der Waals surface area (Å²) in [5, 5.41) is 11.7. The highest BCUT2D eigenvalue weighted by atomic mass is 32.1. The number of pyridine rings is 1. The Hall–Kier alpha value is -3.50. The minimum atomic E-state index is -0.600. The molecule has 1 aliphatic heterocycles.